The van der Waals surface area contributed by atoms with Crippen LogP contribution in [0.2, 0.25) is 5.02 Å². The van der Waals surface area contributed by atoms with Gasteiger partial charge in [-0.25, -0.2) is 19.8 Å². The van der Waals surface area contributed by atoms with Crippen LogP contribution in [0.5, 0.6) is 0 Å². The lowest BCUT2D eigenvalue weighted by Gasteiger charge is -2.43. The number of carbonyl (C=O) groups is 5. The minimum absolute atomic E-state index is 0.0142. The van der Waals surface area contributed by atoms with Gasteiger partial charge in [-0.15, -0.1) is 0 Å². The van der Waals surface area contributed by atoms with Gasteiger partial charge in [-0.05, 0) is 36.6 Å². The summed E-state index contributed by atoms with van der Waals surface area (Å²) in [4.78, 5) is 65.7. The average Bonchev–Trinajstić information content (AvgIpc) is 3.10. The summed E-state index contributed by atoms with van der Waals surface area (Å²) < 4.78 is 5.46. The molecular weight excluding hydrogens is 570 g/mol. The molecule has 0 bridgehead atoms. The molecule has 0 spiro atoms. The average molecular weight is 602 g/mol. The first kappa shape index (κ1) is 30.9. The molecule has 2 aromatic carbocycles. The van der Waals surface area contributed by atoms with Crippen molar-refractivity contribution in [3.63, 3.8) is 0 Å². The molecule has 4 N–H and O–H groups in total. The summed E-state index contributed by atoms with van der Waals surface area (Å²) in [6.45, 7) is -0.374. The van der Waals surface area contributed by atoms with Crippen molar-refractivity contribution in [3.8, 4) is 0 Å². The molecule has 2 aliphatic heterocycles. The summed E-state index contributed by atoms with van der Waals surface area (Å²) in [6.07, 6.45) is -1.98. The van der Waals surface area contributed by atoms with Crippen LogP contribution in [-0.4, -0.2) is 92.8 Å². The van der Waals surface area contributed by atoms with Crippen LogP contribution in [0.25, 0.3) is 0 Å². The number of nitrogens with one attached hydrogen (secondary N) is 2. The third kappa shape index (κ3) is 7.62. The molecule has 0 aromatic heterocycles. The number of hydrazine groups is 2. The summed E-state index contributed by atoms with van der Waals surface area (Å²) in [5, 5.41) is 25.3. The number of aliphatic hydroxyl groups is 2. The molecule has 0 aliphatic carbocycles. The minimum atomic E-state index is -1.92. The second kappa shape index (κ2) is 14.2. The number of nitrogens with zero attached hydrogens (tertiary/aromatic N) is 3. The molecule has 14 heteroatoms. The van der Waals surface area contributed by atoms with E-state index in [4.69, 9.17) is 16.3 Å². The number of amides is 5. The number of hydrogen-bond acceptors (Lipinski definition) is 8. The van der Waals surface area contributed by atoms with Gasteiger partial charge in [-0.3, -0.25) is 24.6 Å². The van der Waals surface area contributed by atoms with Crippen LogP contribution in [0.1, 0.15) is 41.6 Å². The van der Waals surface area contributed by atoms with Gasteiger partial charge < -0.3 is 20.3 Å². The zero-order valence-electron chi connectivity index (χ0n) is 22.6. The minimum Gasteiger partial charge on any atom is -0.369 e. The van der Waals surface area contributed by atoms with E-state index < -0.39 is 60.9 Å². The highest BCUT2D eigenvalue weighted by atomic mass is 35.5. The first-order valence-electron chi connectivity index (χ1n) is 13.4. The summed E-state index contributed by atoms with van der Waals surface area (Å²) in [6, 6.07) is 11.7. The molecule has 224 valence electrons. The molecule has 5 amide bonds. The van der Waals surface area contributed by atoms with Crippen LogP contribution < -0.4 is 10.7 Å². The van der Waals surface area contributed by atoms with Crippen LogP contribution in [0, 0.1) is 0 Å². The largest absolute Gasteiger partial charge is 0.369 e. The highest BCUT2D eigenvalue weighted by molar-refractivity contribution is 6.31. The molecule has 0 radical (unpaired) electrons. The first-order chi connectivity index (χ1) is 20.2. The topological polar surface area (TPSA) is 169 Å². The van der Waals surface area contributed by atoms with Crippen molar-refractivity contribution < 1.29 is 38.9 Å². The van der Waals surface area contributed by atoms with E-state index in [1.807, 2.05) is 0 Å². The Bertz CT molecular complexity index is 1310. The van der Waals surface area contributed by atoms with E-state index in [0.717, 1.165) is 10.0 Å². The summed E-state index contributed by atoms with van der Waals surface area (Å²) in [5.41, 5.74) is 3.45. The van der Waals surface area contributed by atoms with E-state index in [1.165, 1.54) is 5.01 Å². The second-order valence-electron chi connectivity index (χ2n) is 9.84. The lowest BCUT2D eigenvalue weighted by atomic mass is 10.0. The van der Waals surface area contributed by atoms with Gasteiger partial charge >= 0.3 is 6.03 Å². The number of Topliss-reactive ketones (excluding diaryl/α,β-unsaturated/α-hetero) is 1. The predicted octanol–water partition coefficient (Wildman–Crippen LogP) is 0.990. The van der Waals surface area contributed by atoms with Gasteiger partial charge in [-0.2, -0.15) is 0 Å². The van der Waals surface area contributed by atoms with Crippen molar-refractivity contribution in [2.24, 2.45) is 0 Å². The highest BCUT2D eigenvalue weighted by Crippen LogP contribution is 2.24. The standard InChI is InChI=1S/C28H32ClN5O8/c29-20-10-5-4-9-19(20)16-42-17-23(35)21(15-25(37)38)30-27(40)22-11-6-13-33-24(36)12-14-32(28(41)34(22)33)31-26(39)18-7-2-1-3-8-18/h1-5,7-10,21-22,25,37-38H,6,11-17H2,(H,30,40)(H,31,39)/t21-,22-/m0/s1. The van der Waals surface area contributed by atoms with E-state index in [9.17, 15) is 34.2 Å². The number of ether oxygens (including phenoxy) is 1. The zero-order valence-corrected chi connectivity index (χ0v) is 23.4. The molecule has 2 atom stereocenters. The van der Waals surface area contributed by atoms with Crippen molar-refractivity contribution in [2.45, 2.75) is 50.7 Å². The van der Waals surface area contributed by atoms with Gasteiger partial charge in [0.1, 0.15) is 12.6 Å². The van der Waals surface area contributed by atoms with Gasteiger partial charge in [0.2, 0.25) is 11.8 Å². The van der Waals surface area contributed by atoms with Gasteiger partial charge in [0, 0.05) is 30.0 Å². The monoisotopic (exact) mass is 601 g/mol. The fraction of sp³-hybridized carbons (Fsp3) is 0.393. The number of halogens is 1. The number of carbonyl (C=O) groups excluding carboxylic acids is 5. The summed E-state index contributed by atoms with van der Waals surface area (Å²) in [7, 11) is 0. The molecule has 2 saturated heterocycles. The van der Waals surface area contributed by atoms with E-state index in [0.29, 0.717) is 22.6 Å². The van der Waals surface area contributed by atoms with Gasteiger partial charge in [0.05, 0.1) is 19.2 Å². The third-order valence-corrected chi connectivity index (χ3v) is 7.22. The Kier molecular flexibility index (Phi) is 10.5. The van der Waals surface area contributed by atoms with Crippen molar-refractivity contribution in [2.75, 3.05) is 19.7 Å². The number of aliphatic hydroxyl groups excluding tert-OH is 1. The maximum absolute atomic E-state index is 13.6. The second-order valence-corrected chi connectivity index (χ2v) is 10.2. The summed E-state index contributed by atoms with van der Waals surface area (Å²) in [5.74, 6) is -2.39. The van der Waals surface area contributed by atoms with E-state index >= 15 is 0 Å². The molecule has 42 heavy (non-hydrogen) atoms. The fourth-order valence-corrected chi connectivity index (χ4v) is 4.91. The van der Waals surface area contributed by atoms with Gasteiger partial charge in [-0.1, -0.05) is 48.0 Å². The zero-order chi connectivity index (χ0) is 30.2. The van der Waals surface area contributed by atoms with E-state index in [1.54, 1.807) is 54.6 Å². The third-order valence-electron chi connectivity index (χ3n) is 6.85. The lowest BCUT2D eigenvalue weighted by Crippen LogP contribution is -2.65. The Labute approximate surface area is 246 Å². The molecule has 0 unspecified atom stereocenters. The number of ketones is 1. The van der Waals surface area contributed by atoms with Crippen molar-refractivity contribution >= 4 is 41.1 Å². The number of benzene rings is 2. The van der Waals surface area contributed by atoms with Gasteiger partial charge in [0.25, 0.3) is 5.91 Å². The van der Waals surface area contributed by atoms with Gasteiger partial charge in [0.15, 0.2) is 12.1 Å². The fourth-order valence-electron chi connectivity index (χ4n) is 4.72. The molecule has 2 aromatic rings. The maximum Gasteiger partial charge on any atom is 0.358 e. The molecule has 2 fully saturated rings. The molecule has 13 nitrogen and oxygen atoms in total. The highest BCUT2D eigenvalue weighted by Gasteiger charge is 2.44. The Morgan fingerprint density at radius 2 is 1.74 bits per heavy atom. The van der Waals surface area contributed by atoms with Crippen molar-refractivity contribution in [3.05, 3.63) is 70.7 Å². The Hall–Kier alpha value is -4.04. The first-order valence-corrected chi connectivity index (χ1v) is 13.8. The smallest absolute Gasteiger partial charge is 0.358 e. The normalized spacial score (nSPS) is 17.9. The molecule has 2 heterocycles. The number of rotatable bonds is 11. The number of hydrogen-bond donors (Lipinski definition) is 4. The quantitative estimate of drug-likeness (QED) is 0.276. The lowest BCUT2D eigenvalue weighted by molar-refractivity contribution is -0.156. The number of urea groups is 1. The van der Waals surface area contributed by atoms with E-state index in [-0.39, 0.29) is 32.5 Å². The molecule has 0 saturated carbocycles. The van der Waals surface area contributed by atoms with Crippen LogP contribution >= 0.6 is 11.6 Å². The van der Waals surface area contributed by atoms with Crippen LogP contribution in [-0.2, 0) is 25.7 Å². The Morgan fingerprint density at radius 1 is 1.02 bits per heavy atom. The maximum atomic E-state index is 13.6. The van der Waals surface area contributed by atoms with Crippen molar-refractivity contribution in [1.29, 1.82) is 0 Å². The number of fused-ring (bicyclic) bond motifs is 1. The Balaban J connectivity index is 1.46. The SMILES string of the molecule is O=C(NN1CCC(=O)N2CCC[C@@H](C(=O)N[C@@H](CC(O)O)C(=O)COCc3ccccc3Cl)N2C1=O)c1ccccc1. The predicted molar refractivity (Wildman–Crippen MR) is 148 cm³/mol. The van der Waals surface area contributed by atoms with Crippen molar-refractivity contribution in [1.82, 2.24) is 25.8 Å². The van der Waals surface area contributed by atoms with Crippen LogP contribution in [0.4, 0.5) is 4.79 Å². The van der Waals surface area contributed by atoms with Crippen LogP contribution in [0.3, 0.4) is 0 Å². The Morgan fingerprint density at radius 3 is 2.45 bits per heavy atom. The molecule has 4 rings (SSSR count). The molecular formula is C28H32ClN5O8. The van der Waals surface area contributed by atoms with E-state index in [2.05, 4.69) is 10.7 Å². The summed E-state index contributed by atoms with van der Waals surface area (Å²) >= 11 is 6.11. The molecule has 2 aliphatic rings. The van der Waals surface area contributed by atoms with Crippen LogP contribution in [0.15, 0.2) is 54.6 Å².